The fourth-order valence-electron chi connectivity index (χ4n) is 2.70. The number of benzene rings is 2. The molecule has 0 atom stereocenters. The third-order valence-electron chi connectivity index (χ3n) is 4.22. The number of nitrogens with one attached hydrogen (secondary N) is 4. The summed E-state index contributed by atoms with van der Waals surface area (Å²) in [5, 5.41) is 5.29. The second kappa shape index (κ2) is 7.11. The summed E-state index contributed by atoms with van der Waals surface area (Å²) in [5.41, 5.74) is 3.13. The maximum Gasteiger partial charge on any atom is 0.323 e. The second-order valence-corrected chi connectivity index (χ2v) is 7.40. The molecule has 3 aromatic rings. The summed E-state index contributed by atoms with van der Waals surface area (Å²) in [5.74, 6) is -0.664. The summed E-state index contributed by atoms with van der Waals surface area (Å²) in [6.07, 6.45) is 0. The van der Waals surface area contributed by atoms with Gasteiger partial charge in [-0.1, -0.05) is 32.9 Å². The summed E-state index contributed by atoms with van der Waals surface area (Å²) < 4.78 is 0. The molecule has 1 aromatic heterocycles. The Balaban J connectivity index is 1.57. The number of imidazole rings is 1. The average molecular weight is 366 g/mol. The zero-order chi connectivity index (χ0) is 19.6. The third-order valence-corrected chi connectivity index (χ3v) is 4.22. The van der Waals surface area contributed by atoms with Gasteiger partial charge in [0.2, 0.25) is 5.91 Å². The average Bonchev–Trinajstić information content (AvgIpc) is 2.98. The smallest absolute Gasteiger partial charge is 0.323 e. The molecule has 0 aliphatic carbocycles. The van der Waals surface area contributed by atoms with Gasteiger partial charge in [-0.15, -0.1) is 0 Å². The van der Waals surface area contributed by atoms with Crippen molar-refractivity contribution in [3.63, 3.8) is 0 Å². The predicted octanol–water partition coefficient (Wildman–Crippen LogP) is 2.52. The quantitative estimate of drug-likeness (QED) is 0.570. The highest BCUT2D eigenvalue weighted by Crippen LogP contribution is 2.22. The Morgan fingerprint density at radius 2 is 1.63 bits per heavy atom. The zero-order valence-electron chi connectivity index (χ0n) is 15.5. The zero-order valence-corrected chi connectivity index (χ0v) is 15.5. The van der Waals surface area contributed by atoms with Gasteiger partial charge in [0.1, 0.15) is 0 Å². The Hall–Kier alpha value is -3.35. The van der Waals surface area contributed by atoms with Gasteiger partial charge in [0.25, 0.3) is 5.91 Å². The van der Waals surface area contributed by atoms with E-state index >= 15 is 0 Å². The van der Waals surface area contributed by atoms with Crippen molar-refractivity contribution in [3.8, 4) is 0 Å². The van der Waals surface area contributed by atoms with Crippen LogP contribution in [-0.2, 0) is 10.2 Å². The molecular weight excluding hydrogens is 344 g/mol. The van der Waals surface area contributed by atoms with Crippen molar-refractivity contribution >= 4 is 28.5 Å². The SMILES string of the molecule is CC(C)(C)c1ccc(C(=O)NCC(=O)Nc2ccc3[nH]c(=O)[nH]c3c2)cc1. The number of H-pyrrole nitrogens is 2. The number of fused-ring (bicyclic) bond motifs is 1. The van der Waals surface area contributed by atoms with Crippen molar-refractivity contribution < 1.29 is 9.59 Å². The molecule has 3 rings (SSSR count). The van der Waals surface area contributed by atoms with Crippen molar-refractivity contribution in [2.24, 2.45) is 0 Å². The molecule has 27 heavy (non-hydrogen) atoms. The molecule has 0 bridgehead atoms. The van der Waals surface area contributed by atoms with E-state index in [0.717, 1.165) is 5.56 Å². The van der Waals surface area contributed by atoms with Crippen LogP contribution >= 0.6 is 0 Å². The van der Waals surface area contributed by atoms with E-state index in [1.807, 2.05) is 12.1 Å². The van der Waals surface area contributed by atoms with Gasteiger partial charge in [-0.2, -0.15) is 0 Å². The van der Waals surface area contributed by atoms with E-state index in [-0.39, 0.29) is 29.5 Å². The molecule has 7 heteroatoms. The van der Waals surface area contributed by atoms with Crippen LogP contribution in [0.5, 0.6) is 0 Å². The highest BCUT2D eigenvalue weighted by Gasteiger charge is 2.14. The van der Waals surface area contributed by atoms with Crippen molar-refractivity contribution in [3.05, 3.63) is 64.1 Å². The van der Waals surface area contributed by atoms with Crippen LogP contribution in [0.2, 0.25) is 0 Å². The van der Waals surface area contributed by atoms with Crippen LogP contribution < -0.4 is 16.3 Å². The van der Waals surface area contributed by atoms with Gasteiger partial charge >= 0.3 is 5.69 Å². The number of hydrogen-bond acceptors (Lipinski definition) is 3. The summed E-state index contributed by atoms with van der Waals surface area (Å²) in [6.45, 7) is 6.16. The summed E-state index contributed by atoms with van der Waals surface area (Å²) >= 11 is 0. The largest absolute Gasteiger partial charge is 0.343 e. The van der Waals surface area contributed by atoms with Crippen molar-refractivity contribution in [1.82, 2.24) is 15.3 Å². The van der Waals surface area contributed by atoms with Crippen molar-refractivity contribution in [2.45, 2.75) is 26.2 Å². The van der Waals surface area contributed by atoms with Crippen LogP contribution in [0.15, 0.2) is 47.3 Å². The molecule has 0 unspecified atom stereocenters. The first-order chi connectivity index (χ1) is 12.7. The molecule has 0 fully saturated rings. The number of carbonyl (C=O) groups excluding carboxylic acids is 2. The number of aromatic nitrogens is 2. The van der Waals surface area contributed by atoms with Crippen molar-refractivity contribution in [2.75, 3.05) is 11.9 Å². The molecule has 0 radical (unpaired) electrons. The highest BCUT2D eigenvalue weighted by molar-refractivity contribution is 5.99. The van der Waals surface area contributed by atoms with Crippen LogP contribution in [0.4, 0.5) is 5.69 Å². The van der Waals surface area contributed by atoms with Crippen LogP contribution in [0, 0.1) is 0 Å². The molecule has 2 amide bonds. The first-order valence-electron chi connectivity index (χ1n) is 8.63. The maximum absolute atomic E-state index is 12.2. The lowest BCUT2D eigenvalue weighted by atomic mass is 9.87. The molecular formula is C20H22N4O3. The molecule has 0 saturated carbocycles. The Morgan fingerprint density at radius 1 is 0.963 bits per heavy atom. The highest BCUT2D eigenvalue weighted by atomic mass is 16.2. The Morgan fingerprint density at radius 3 is 2.30 bits per heavy atom. The second-order valence-electron chi connectivity index (χ2n) is 7.40. The monoisotopic (exact) mass is 366 g/mol. The molecule has 0 aliphatic rings. The maximum atomic E-state index is 12.2. The van der Waals surface area contributed by atoms with Gasteiger partial charge in [-0.3, -0.25) is 9.59 Å². The molecule has 7 nitrogen and oxygen atoms in total. The standard InChI is InChI=1S/C20H22N4O3/c1-20(2,3)13-6-4-12(5-7-13)18(26)21-11-17(25)22-14-8-9-15-16(10-14)24-19(27)23-15/h4-10H,11H2,1-3H3,(H,21,26)(H,22,25)(H2,23,24,27). The first-order valence-corrected chi connectivity index (χ1v) is 8.63. The van der Waals surface area contributed by atoms with Crippen LogP contribution in [0.25, 0.3) is 11.0 Å². The fraction of sp³-hybridized carbons (Fsp3) is 0.250. The normalized spacial score (nSPS) is 11.4. The van der Waals surface area contributed by atoms with Gasteiger partial charge < -0.3 is 20.6 Å². The van der Waals surface area contributed by atoms with E-state index in [2.05, 4.69) is 41.4 Å². The van der Waals surface area contributed by atoms with Gasteiger partial charge in [0, 0.05) is 11.3 Å². The van der Waals surface area contributed by atoms with Crippen molar-refractivity contribution in [1.29, 1.82) is 0 Å². The number of rotatable bonds is 4. The molecule has 4 N–H and O–H groups in total. The molecule has 140 valence electrons. The van der Waals surface area contributed by atoms with E-state index in [4.69, 9.17) is 0 Å². The third kappa shape index (κ3) is 4.44. The Bertz CT molecular complexity index is 1040. The number of hydrogen-bond donors (Lipinski definition) is 4. The lowest BCUT2D eigenvalue weighted by Gasteiger charge is -2.19. The molecule has 0 aliphatic heterocycles. The lowest BCUT2D eigenvalue weighted by molar-refractivity contribution is -0.115. The number of anilines is 1. The van der Waals surface area contributed by atoms with Crippen LogP contribution in [0.3, 0.4) is 0 Å². The fourth-order valence-corrected chi connectivity index (χ4v) is 2.70. The molecule has 1 heterocycles. The minimum Gasteiger partial charge on any atom is -0.343 e. The number of aromatic amines is 2. The molecule has 2 aromatic carbocycles. The number of amides is 2. The Kier molecular flexibility index (Phi) is 4.85. The molecule has 0 saturated heterocycles. The van der Waals surface area contributed by atoms with Gasteiger partial charge in [0.15, 0.2) is 0 Å². The van der Waals surface area contributed by atoms with Crippen LogP contribution in [0.1, 0.15) is 36.7 Å². The Labute approximate surface area is 156 Å². The minimum absolute atomic E-state index is 0.0136. The van der Waals surface area contributed by atoms with E-state index in [1.54, 1.807) is 30.3 Å². The van der Waals surface area contributed by atoms with E-state index < -0.39 is 0 Å². The summed E-state index contributed by atoms with van der Waals surface area (Å²) in [4.78, 5) is 40.8. The van der Waals surface area contributed by atoms with E-state index in [1.165, 1.54) is 0 Å². The van der Waals surface area contributed by atoms with E-state index in [0.29, 0.717) is 22.3 Å². The molecule has 0 spiro atoms. The summed E-state index contributed by atoms with van der Waals surface area (Å²) in [6, 6.07) is 12.4. The van der Waals surface area contributed by atoms with E-state index in [9.17, 15) is 14.4 Å². The predicted molar refractivity (Wildman–Crippen MR) is 105 cm³/mol. The minimum atomic E-state index is -0.355. The van der Waals surface area contributed by atoms with Crippen LogP contribution in [-0.4, -0.2) is 28.3 Å². The lowest BCUT2D eigenvalue weighted by Crippen LogP contribution is -2.32. The first kappa shape index (κ1) is 18.4. The van der Waals surface area contributed by atoms with Gasteiger partial charge in [-0.05, 0) is 41.3 Å². The summed E-state index contributed by atoms with van der Waals surface area (Å²) in [7, 11) is 0. The number of carbonyl (C=O) groups is 2. The topological polar surface area (TPSA) is 107 Å². The van der Waals surface area contributed by atoms with Gasteiger partial charge in [-0.25, -0.2) is 4.79 Å². The van der Waals surface area contributed by atoms with Gasteiger partial charge in [0.05, 0.1) is 17.6 Å².